The third-order valence-corrected chi connectivity index (χ3v) is 6.74. The van der Waals surface area contributed by atoms with Gasteiger partial charge in [0.15, 0.2) is 0 Å². The van der Waals surface area contributed by atoms with Crippen LogP contribution in [0, 0.1) is 0 Å². The summed E-state index contributed by atoms with van der Waals surface area (Å²) in [6.45, 7) is 5.73. The van der Waals surface area contributed by atoms with E-state index in [1.54, 1.807) is 0 Å². The Morgan fingerprint density at radius 1 is 0.710 bits per heavy atom. The summed E-state index contributed by atoms with van der Waals surface area (Å²) in [6, 6.07) is 33.4. The lowest BCUT2D eigenvalue weighted by Gasteiger charge is -2.41. The van der Waals surface area contributed by atoms with Crippen molar-refractivity contribution in [3.63, 3.8) is 0 Å². The van der Waals surface area contributed by atoms with Crippen LogP contribution in [0.4, 0.5) is 0 Å². The van der Waals surface area contributed by atoms with E-state index in [2.05, 4.69) is 108 Å². The molecule has 1 aliphatic rings. The molecular formula is C29H36N2. The predicted octanol–water partition coefficient (Wildman–Crippen LogP) is 6.22. The van der Waals surface area contributed by atoms with E-state index in [1.807, 2.05) is 0 Å². The molecule has 0 aromatic heterocycles. The number of hydrogen-bond donors (Lipinski definition) is 1. The van der Waals surface area contributed by atoms with Crippen LogP contribution in [-0.2, 0) is 5.54 Å². The van der Waals surface area contributed by atoms with Gasteiger partial charge in [0.25, 0.3) is 0 Å². The van der Waals surface area contributed by atoms with Gasteiger partial charge in [0.1, 0.15) is 0 Å². The van der Waals surface area contributed by atoms with Crippen molar-refractivity contribution in [2.24, 2.45) is 0 Å². The maximum Gasteiger partial charge on any atom is 0.0950 e. The van der Waals surface area contributed by atoms with Crippen LogP contribution >= 0.6 is 0 Å². The second kappa shape index (κ2) is 10.7. The molecule has 0 radical (unpaired) electrons. The first-order valence-corrected chi connectivity index (χ1v) is 12.0. The first kappa shape index (κ1) is 21.8. The summed E-state index contributed by atoms with van der Waals surface area (Å²) >= 11 is 0. The summed E-state index contributed by atoms with van der Waals surface area (Å²) in [7, 11) is 0. The highest BCUT2D eigenvalue weighted by Gasteiger charge is 2.38. The van der Waals surface area contributed by atoms with Gasteiger partial charge in [0.2, 0.25) is 0 Å². The maximum atomic E-state index is 4.24. The van der Waals surface area contributed by atoms with Crippen molar-refractivity contribution >= 4 is 0 Å². The number of nitrogens with one attached hydrogen (secondary N) is 1. The third kappa shape index (κ3) is 5.08. The molecular weight excluding hydrogens is 376 g/mol. The molecule has 1 heterocycles. The SMILES string of the molecule is CCN1CCCCCCC(NC(c2ccccc2)(c2ccccc2)c2ccccc2)C1. The van der Waals surface area contributed by atoms with Crippen LogP contribution in [0.15, 0.2) is 91.0 Å². The molecule has 0 bridgehead atoms. The largest absolute Gasteiger partial charge is 0.302 e. The molecule has 4 rings (SSSR count). The summed E-state index contributed by atoms with van der Waals surface area (Å²) in [6.07, 6.45) is 6.52. The van der Waals surface area contributed by atoms with Crippen LogP contribution in [0.1, 0.15) is 55.7 Å². The van der Waals surface area contributed by atoms with E-state index in [-0.39, 0.29) is 5.54 Å². The Kier molecular flexibility index (Phi) is 7.56. The van der Waals surface area contributed by atoms with Gasteiger partial charge in [-0.15, -0.1) is 0 Å². The zero-order valence-corrected chi connectivity index (χ0v) is 18.8. The zero-order valence-electron chi connectivity index (χ0n) is 18.8. The second-order valence-electron chi connectivity index (χ2n) is 8.79. The maximum absolute atomic E-state index is 4.24. The van der Waals surface area contributed by atoms with Crippen molar-refractivity contribution in [3.8, 4) is 0 Å². The van der Waals surface area contributed by atoms with Crippen molar-refractivity contribution < 1.29 is 0 Å². The molecule has 2 heteroatoms. The molecule has 0 aliphatic carbocycles. The van der Waals surface area contributed by atoms with Crippen LogP contribution in [0.2, 0.25) is 0 Å². The quantitative estimate of drug-likeness (QED) is 0.483. The molecule has 3 aromatic carbocycles. The normalized spacial score (nSPS) is 18.7. The number of rotatable bonds is 6. The molecule has 3 aromatic rings. The molecule has 0 amide bonds. The van der Waals surface area contributed by atoms with E-state index in [0.29, 0.717) is 6.04 Å². The Hall–Kier alpha value is -2.42. The molecule has 0 saturated carbocycles. The summed E-state index contributed by atoms with van der Waals surface area (Å²) in [5.74, 6) is 0. The van der Waals surface area contributed by atoms with Crippen LogP contribution in [-0.4, -0.2) is 30.6 Å². The zero-order chi connectivity index (χ0) is 21.4. The number of nitrogens with zero attached hydrogens (tertiary/aromatic N) is 1. The number of benzene rings is 3. The monoisotopic (exact) mass is 412 g/mol. The summed E-state index contributed by atoms with van der Waals surface area (Å²) in [5.41, 5.74) is 3.53. The van der Waals surface area contributed by atoms with Crippen LogP contribution < -0.4 is 5.32 Å². The minimum absolute atomic E-state index is 0.373. The molecule has 1 saturated heterocycles. The van der Waals surface area contributed by atoms with Crippen molar-refractivity contribution in [2.75, 3.05) is 19.6 Å². The van der Waals surface area contributed by atoms with Crippen molar-refractivity contribution in [1.82, 2.24) is 10.2 Å². The predicted molar refractivity (Wildman–Crippen MR) is 131 cm³/mol. The van der Waals surface area contributed by atoms with E-state index in [1.165, 1.54) is 55.3 Å². The van der Waals surface area contributed by atoms with Gasteiger partial charge in [0.05, 0.1) is 5.54 Å². The van der Waals surface area contributed by atoms with Gasteiger partial charge in [-0.3, -0.25) is 5.32 Å². The molecule has 0 spiro atoms. The molecule has 1 atom stereocenters. The lowest BCUT2D eigenvalue weighted by atomic mass is 9.76. The van der Waals surface area contributed by atoms with E-state index >= 15 is 0 Å². The number of likely N-dealkylation sites (N-methyl/N-ethyl adjacent to an activating group) is 1. The standard InChI is InChI=1S/C29H36N2/c1-2-31-23-15-4-3-14-22-28(24-31)30-29(25-16-8-5-9-17-25,26-18-10-6-11-19-26)27-20-12-7-13-21-27/h5-13,16-21,28,30H,2-4,14-15,22-24H2,1H3. The van der Waals surface area contributed by atoms with Gasteiger partial charge >= 0.3 is 0 Å². The third-order valence-electron chi connectivity index (χ3n) is 6.74. The molecule has 31 heavy (non-hydrogen) atoms. The Labute approximate surface area is 188 Å². The van der Waals surface area contributed by atoms with Gasteiger partial charge in [-0.2, -0.15) is 0 Å². The van der Waals surface area contributed by atoms with Crippen LogP contribution in [0.25, 0.3) is 0 Å². The molecule has 2 nitrogen and oxygen atoms in total. The van der Waals surface area contributed by atoms with E-state index < -0.39 is 0 Å². The highest BCUT2D eigenvalue weighted by atomic mass is 15.2. The fourth-order valence-corrected chi connectivity index (χ4v) is 5.10. The summed E-state index contributed by atoms with van der Waals surface area (Å²) in [4.78, 5) is 2.63. The summed E-state index contributed by atoms with van der Waals surface area (Å²) in [5, 5.41) is 4.24. The topological polar surface area (TPSA) is 15.3 Å². The van der Waals surface area contributed by atoms with E-state index in [4.69, 9.17) is 0 Å². The Morgan fingerprint density at radius 2 is 1.19 bits per heavy atom. The second-order valence-corrected chi connectivity index (χ2v) is 8.79. The fourth-order valence-electron chi connectivity index (χ4n) is 5.10. The molecule has 1 N–H and O–H groups in total. The lowest BCUT2D eigenvalue weighted by molar-refractivity contribution is 0.232. The van der Waals surface area contributed by atoms with Crippen molar-refractivity contribution in [3.05, 3.63) is 108 Å². The minimum Gasteiger partial charge on any atom is -0.302 e. The van der Waals surface area contributed by atoms with Crippen molar-refractivity contribution in [2.45, 2.75) is 50.6 Å². The highest BCUT2D eigenvalue weighted by molar-refractivity contribution is 5.49. The van der Waals surface area contributed by atoms with Crippen LogP contribution in [0.3, 0.4) is 0 Å². The van der Waals surface area contributed by atoms with E-state index in [0.717, 1.165) is 13.1 Å². The van der Waals surface area contributed by atoms with Crippen molar-refractivity contribution in [1.29, 1.82) is 0 Å². The van der Waals surface area contributed by atoms with Gasteiger partial charge in [-0.25, -0.2) is 0 Å². The van der Waals surface area contributed by atoms with Gasteiger partial charge in [-0.05, 0) is 42.6 Å². The van der Waals surface area contributed by atoms with Gasteiger partial charge < -0.3 is 4.90 Å². The molecule has 1 unspecified atom stereocenters. The smallest absolute Gasteiger partial charge is 0.0950 e. The fraction of sp³-hybridized carbons (Fsp3) is 0.379. The minimum atomic E-state index is -0.373. The average Bonchev–Trinajstić information content (AvgIpc) is 2.96. The summed E-state index contributed by atoms with van der Waals surface area (Å²) < 4.78 is 0. The molecule has 162 valence electrons. The van der Waals surface area contributed by atoms with Crippen LogP contribution in [0.5, 0.6) is 0 Å². The Morgan fingerprint density at radius 3 is 1.68 bits per heavy atom. The Bertz CT molecular complexity index is 795. The molecule has 1 fully saturated rings. The average molecular weight is 413 g/mol. The first-order chi connectivity index (χ1) is 15.3. The molecule has 1 aliphatic heterocycles. The van der Waals surface area contributed by atoms with Gasteiger partial charge in [-0.1, -0.05) is 117 Å². The van der Waals surface area contributed by atoms with E-state index in [9.17, 15) is 0 Å². The highest BCUT2D eigenvalue weighted by Crippen LogP contribution is 2.37. The lowest BCUT2D eigenvalue weighted by Crippen LogP contribution is -2.53. The number of hydrogen-bond acceptors (Lipinski definition) is 2. The van der Waals surface area contributed by atoms with Gasteiger partial charge in [0, 0.05) is 12.6 Å². The first-order valence-electron chi connectivity index (χ1n) is 12.0. The Balaban J connectivity index is 1.83.